The van der Waals surface area contributed by atoms with Gasteiger partial charge in [-0.05, 0) is 37.1 Å². The minimum atomic E-state index is -0.492. The number of nitrogens with one attached hydrogen (secondary N) is 1. The predicted molar refractivity (Wildman–Crippen MR) is 77.5 cm³/mol. The Kier molecular flexibility index (Phi) is 4.22. The quantitative estimate of drug-likeness (QED) is 0.443. The number of pyridine rings is 1. The molecule has 0 aliphatic carbocycles. The molecule has 1 aromatic carbocycles. The van der Waals surface area contributed by atoms with Gasteiger partial charge < -0.3 is 15.5 Å². The molecule has 1 unspecified atom stereocenters. The molecular formula is C14H15N3O4. The molecule has 0 amide bonds. The fraction of sp³-hybridized carbons (Fsp3) is 0.214. The number of benzene rings is 1. The van der Waals surface area contributed by atoms with Crippen molar-refractivity contribution < 1.29 is 15.1 Å². The molecule has 7 heteroatoms. The summed E-state index contributed by atoms with van der Waals surface area (Å²) in [5, 5.41) is 32.6. The SMILES string of the molecule is CC(Cc1ccc(O)c(O)c1)Nc1ncccc1[N+](=O)[O-]. The zero-order chi connectivity index (χ0) is 15.4. The van der Waals surface area contributed by atoms with E-state index in [0.29, 0.717) is 6.42 Å². The minimum absolute atomic E-state index is 0.0853. The van der Waals surface area contributed by atoms with Crippen LogP contribution in [0.1, 0.15) is 12.5 Å². The Labute approximate surface area is 121 Å². The Bertz CT molecular complexity index is 660. The first-order valence-electron chi connectivity index (χ1n) is 6.34. The van der Waals surface area contributed by atoms with E-state index in [1.165, 1.54) is 30.5 Å². The second kappa shape index (κ2) is 6.08. The maximum absolute atomic E-state index is 10.9. The zero-order valence-electron chi connectivity index (χ0n) is 11.4. The summed E-state index contributed by atoms with van der Waals surface area (Å²) in [6.07, 6.45) is 2.00. The topological polar surface area (TPSA) is 109 Å². The van der Waals surface area contributed by atoms with E-state index in [1.54, 1.807) is 6.07 Å². The number of rotatable bonds is 5. The fourth-order valence-corrected chi connectivity index (χ4v) is 1.99. The van der Waals surface area contributed by atoms with Crippen molar-refractivity contribution in [1.29, 1.82) is 0 Å². The number of anilines is 1. The smallest absolute Gasteiger partial charge is 0.311 e. The molecule has 0 bridgehead atoms. The summed E-state index contributed by atoms with van der Waals surface area (Å²) in [6, 6.07) is 7.30. The molecule has 21 heavy (non-hydrogen) atoms. The van der Waals surface area contributed by atoms with E-state index in [-0.39, 0.29) is 29.0 Å². The number of phenols is 2. The molecule has 110 valence electrons. The van der Waals surface area contributed by atoms with E-state index in [1.807, 2.05) is 6.92 Å². The van der Waals surface area contributed by atoms with Gasteiger partial charge in [0.15, 0.2) is 11.5 Å². The third-order valence-electron chi connectivity index (χ3n) is 2.95. The lowest BCUT2D eigenvalue weighted by Gasteiger charge is -2.14. The highest BCUT2D eigenvalue weighted by Gasteiger charge is 2.16. The van der Waals surface area contributed by atoms with Gasteiger partial charge >= 0.3 is 5.69 Å². The summed E-state index contributed by atoms with van der Waals surface area (Å²) in [5.74, 6) is -0.166. The van der Waals surface area contributed by atoms with E-state index in [9.17, 15) is 20.3 Å². The van der Waals surface area contributed by atoms with Crippen molar-refractivity contribution in [2.24, 2.45) is 0 Å². The molecular weight excluding hydrogens is 274 g/mol. The van der Waals surface area contributed by atoms with Crippen molar-refractivity contribution in [2.75, 3.05) is 5.32 Å². The number of aromatic nitrogens is 1. The van der Waals surface area contributed by atoms with Crippen molar-refractivity contribution in [2.45, 2.75) is 19.4 Å². The van der Waals surface area contributed by atoms with E-state index in [0.717, 1.165) is 5.56 Å². The van der Waals surface area contributed by atoms with E-state index >= 15 is 0 Å². The molecule has 1 heterocycles. The Morgan fingerprint density at radius 1 is 1.33 bits per heavy atom. The molecule has 0 saturated heterocycles. The Morgan fingerprint density at radius 2 is 2.10 bits per heavy atom. The first-order valence-corrected chi connectivity index (χ1v) is 6.34. The summed E-state index contributed by atoms with van der Waals surface area (Å²) in [7, 11) is 0. The highest BCUT2D eigenvalue weighted by atomic mass is 16.6. The number of hydrogen-bond acceptors (Lipinski definition) is 6. The van der Waals surface area contributed by atoms with Gasteiger partial charge in [-0.15, -0.1) is 0 Å². The van der Waals surface area contributed by atoms with Crippen LogP contribution < -0.4 is 5.32 Å². The van der Waals surface area contributed by atoms with Crippen molar-refractivity contribution in [3.63, 3.8) is 0 Å². The van der Waals surface area contributed by atoms with Crippen LogP contribution in [-0.4, -0.2) is 26.2 Å². The molecule has 0 radical (unpaired) electrons. The van der Waals surface area contributed by atoms with Crippen LogP contribution in [0.25, 0.3) is 0 Å². The largest absolute Gasteiger partial charge is 0.504 e. The van der Waals surface area contributed by atoms with Gasteiger partial charge in [0.1, 0.15) is 0 Å². The van der Waals surface area contributed by atoms with E-state index in [2.05, 4.69) is 10.3 Å². The average molecular weight is 289 g/mol. The van der Waals surface area contributed by atoms with Gasteiger partial charge in [0, 0.05) is 18.3 Å². The lowest BCUT2D eigenvalue weighted by molar-refractivity contribution is -0.384. The summed E-state index contributed by atoms with van der Waals surface area (Å²) in [6.45, 7) is 1.85. The monoisotopic (exact) mass is 289 g/mol. The molecule has 1 aromatic heterocycles. The van der Waals surface area contributed by atoms with Gasteiger partial charge in [-0.2, -0.15) is 0 Å². The van der Waals surface area contributed by atoms with Gasteiger partial charge in [0.05, 0.1) is 4.92 Å². The number of aromatic hydroxyl groups is 2. The predicted octanol–water partition coefficient (Wildman–Crippen LogP) is 2.44. The summed E-state index contributed by atoms with van der Waals surface area (Å²) in [4.78, 5) is 14.4. The lowest BCUT2D eigenvalue weighted by atomic mass is 10.1. The second-order valence-electron chi connectivity index (χ2n) is 4.70. The molecule has 2 rings (SSSR count). The fourth-order valence-electron chi connectivity index (χ4n) is 1.99. The van der Waals surface area contributed by atoms with Crippen LogP contribution in [0.3, 0.4) is 0 Å². The highest BCUT2D eigenvalue weighted by molar-refractivity contribution is 5.55. The van der Waals surface area contributed by atoms with E-state index in [4.69, 9.17) is 0 Å². The Morgan fingerprint density at radius 3 is 2.76 bits per heavy atom. The Balaban J connectivity index is 2.10. The molecule has 3 N–H and O–H groups in total. The maximum atomic E-state index is 10.9. The van der Waals surface area contributed by atoms with Crippen molar-refractivity contribution in [3.05, 3.63) is 52.2 Å². The Hall–Kier alpha value is -2.83. The van der Waals surface area contributed by atoms with Crippen LogP contribution in [0.2, 0.25) is 0 Å². The zero-order valence-corrected chi connectivity index (χ0v) is 11.4. The lowest BCUT2D eigenvalue weighted by Crippen LogP contribution is -2.19. The maximum Gasteiger partial charge on any atom is 0.311 e. The van der Waals surface area contributed by atoms with Crippen molar-refractivity contribution in [3.8, 4) is 11.5 Å². The van der Waals surface area contributed by atoms with Gasteiger partial charge in [-0.3, -0.25) is 10.1 Å². The molecule has 0 saturated carbocycles. The van der Waals surface area contributed by atoms with Crippen molar-refractivity contribution >= 4 is 11.5 Å². The average Bonchev–Trinajstić information content (AvgIpc) is 2.43. The highest BCUT2D eigenvalue weighted by Crippen LogP contribution is 2.26. The van der Waals surface area contributed by atoms with E-state index < -0.39 is 4.92 Å². The van der Waals surface area contributed by atoms with Gasteiger partial charge in [0.25, 0.3) is 0 Å². The van der Waals surface area contributed by atoms with Gasteiger partial charge in [-0.1, -0.05) is 6.07 Å². The molecule has 0 aliphatic rings. The minimum Gasteiger partial charge on any atom is -0.504 e. The number of phenolic OH excluding ortho intramolecular Hbond substituents is 2. The van der Waals surface area contributed by atoms with Crippen LogP contribution in [0.5, 0.6) is 11.5 Å². The molecule has 0 aliphatic heterocycles. The van der Waals surface area contributed by atoms with Gasteiger partial charge in [0.2, 0.25) is 5.82 Å². The molecule has 0 fully saturated rings. The number of hydrogen-bond donors (Lipinski definition) is 3. The summed E-state index contributed by atoms with van der Waals surface area (Å²) in [5.41, 5.74) is 0.710. The molecule has 1 atom stereocenters. The summed E-state index contributed by atoms with van der Waals surface area (Å²) >= 11 is 0. The van der Waals surface area contributed by atoms with Crippen LogP contribution in [0.4, 0.5) is 11.5 Å². The van der Waals surface area contributed by atoms with Crippen LogP contribution >= 0.6 is 0 Å². The summed E-state index contributed by atoms with van der Waals surface area (Å²) < 4.78 is 0. The third-order valence-corrected chi connectivity index (χ3v) is 2.95. The van der Waals surface area contributed by atoms with Gasteiger partial charge in [-0.25, -0.2) is 4.98 Å². The first-order chi connectivity index (χ1) is 9.97. The normalized spacial score (nSPS) is 11.9. The molecule has 7 nitrogen and oxygen atoms in total. The third kappa shape index (κ3) is 3.59. The second-order valence-corrected chi connectivity index (χ2v) is 4.70. The first kappa shape index (κ1) is 14.6. The number of nitro groups is 1. The molecule has 0 spiro atoms. The standard InChI is InChI=1S/C14H15N3O4/c1-9(7-10-4-5-12(18)13(19)8-10)16-14-11(17(20)21)3-2-6-15-14/h2-6,8-9,18-19H,7H2,1H3,(H,15,16). The number of nitrogens with zero attached hydrogens (tertiary/aromatic N) is 2. The van der Waals surface area contributed by atoms with Crippen molar-refractivity contribution in [1.82, 2.24) is 4.98 Å². The van der Waals surface area contributed by atoms with Crippen LogP contribution in [-0.2, 0) is 6.42 Å². The van der Waals surface area contributed by atoms with Crippen LogP contribution in [0, 0.1) is 10.1 Å². The molecule has 2 aromatic rings. The van der Waals surface area contributed by atoms with Crippen LogP contribution in [0.15, 0.2) is 36.5 Å².